The van der Waals surface area contributed by atoms with Gasteiger partial charge in [-0.15, -0.1) is 0 Å². The summed E-state index contributed by atoms with van der Waals surface area (Å²) in [6.07, 6.45) is 4.07. The van der Waals surface area contributed by atoms with Gasteiger partial charge in [0.2, 0.25) is 0 Å². The highest BCUT2D eigenvalue weighted by Gasteiger charge is 2.35. The molecular weight excluding hydrogens is 398 g/mol. The van der Waals surface area contributed by atoms with Crippen LogP contribution in [0.15, 0.2) is 60.7 Å². The molecule has 2 aliphatic rings. The second-order valence-corrected chi connectivity index (χ2v) is 9.24. The number of ether oxygens (including phenoxy) is 1. The van der Waals surface area contributed by atoms with Crippen molar-refractivity contribution in [3.8, 4) is 0 Å². The third kappa shape index (κ3) is 4.54. The molecule has 0 bridgehead atoms. The number of aromatic nitrogens is 1. The Morgan fingerprint density at radius 1 is 1.09 bits per heavy atom. The van der Waals surface area contributed by atoms with Crippen LogP contribution in [-0.2, 0) is 4.74 Å². The summed E-state index contributed by atoms with van der Waals surface area (Å²) < 4.78 is 5.65. The van der Waals surface area contributed by atoms with Crippen molar-refractivity contribution in [2.75, 3.05) is 19.8 Å². The first-order chi connectivity index (χ1) is 15.6. The third-order valence-electron chi connectivity index (χ3n) is 6.84. The van der Waals surface area contributed by atoms with Gasteiger partial charge < -0.3 is 15.4 Å². The van der Waals surface area contributed by atoms with Crippen LogP contribution in [0.5, 0.6) is 0 Å². The summed E-state index contributed by atoms with van der Waals surface area (Å²) in [5.74, 6) is 0.479. The van der Waals surface area contributed by atoms with Gasteiger partial charge in [0.05, 0.1) is 11.1 Å². The first-order valence-electron chi connectivity index (χ1n) is 11.7. The van der Waals surface area contributed by atoms with Gasteiger partial charge in [-0.1, -0.05) is 48.5 Å². The predicted octanol–water partition coefficient (Wildman–Crippen LogP) is 4.74. The van der Waals surface area contributed by atoms with E-state index in [1.807, 2.05) is 36.4 Å². The van der Waals surface area contributed by atoms with E-state index in [9.17, 15) is 4.79 Å². The zero-order valence-electron chi connectivity index (χ0n) is 18.6. The van der Waals surface area contributed by atoms with E-state index in [1.165, 1.54) is 5.56 Å². The fraction of sp³-hybridized carbons (Fsp3) is 0.407. The van der Waals surface area contributed by atoms with Gasteiger partial charge in [-0.25, -0.2) is 0 Å². The van der Waals surface area contributed by atoms with E-state index >= 15 is 0 Å². The molecule has 3 aromatic rings. The lowest BCUT2D eigenvalue weighted by Gasteiger charge is -2.40. The molecule has 166 valence electrons. The number of carbonyl (C=O) groups excluding carboxylic acids is 1. The molecule has 2 fully saturated rings. The molecule has 1 aromatic heterocycles. The van der Waals surface area contributed by atoms with Crippen LogP contribution in [-0.4, -0.2) is 36.2 Å². The number of rotatable bonds is 7. The van der Waals surface area contributed by atoms with Crippen LogP contribution < -0.4 is 10.6 Å². The quantitative estimate of drug-likeness (QED) is 0.569. The second-order valence-electron chi connectivity index (χ2n) is 9.24. The van der Waals surface area contributed by atoms with Crippen molar-refractivity contribution in [1.29, 1.82) is 0 Å². The van der Waals surface area contributed by atoms with Crippen LogP contribution in [0.25, 0.3) is 10.9 Å². The molecule has 1 aliphatic heterocycles. The highest BCUT2D eigenvalue weighted by molar-refractivity contribution is 6.06. The monoisotopic (exact) mass is 429 g/mol. The van der Waals surface area contributed by atoms with Gasteiger partial charge in [-0.2, -0.15) is 0 Å². The number of carbonyl (C=O) groups is 1. The summed E-state index contributed by atoms with van der Waals surface area (Å²) in [7, 11) is 0. The largest absolute Gasteiger partial charge is 0.381 e. The molecule has 2 heterocycles. The summed E-state index contributed by atoms with van der Waals surface area (Å²) in [4.78, 5) is 18.2. The highest BCUT2D eigenvalue weighted by Crippen LogP contribution is 2.40. The average Bonchev–Trinajstić information content (AvgIpc) is 3.69. The maximum absolute atomic E-state index is 13.4. The topological polar surface area (TPSA) is 63.2 Å². The molecule has 0 radical (unpaired) electrons. The molecule has 2 aromatic carbocycles. The SMILES string of the molecule is CC(NC1(CNC(=O)c2cc(C3CC3)nc3ccccc23)CCOCC1)c1ccccc1. The van der Waals surface area contributed by atoms with Crippen molar-refractivity contribution in [2.24, 2.45) is 0 Å². The third-order valence-corrected chi connectivity index (χ3v) is 6.84. The Kier molecular flexibility index (Phi) is 5.94. The number of pyridine rings is 1. The van der Waals surface area contributed by atoms with Crippen molar-refractivity contribution in [1.82, 2.24) is 15.6 Å². The molecule has 1 unspecified atom stereocenters. The summed E-state index contributed by atoms with van der Waals surface area (Å²) in [6, 6.07) is 20.6. The molecule has 1 atom stereocenters. The lowest BCUT2D eigenvalue weighted by Crippen LogP contribution is -2.57. The highest BCUT2D eigenvalue weighted by atomic mass is 16.5. The Bertz CT molecular complexity index is 1090. The van der Waals surface area contributed by atoms with E-state index in [4.69, 9.17) is 9.72 Å². The minimum atomic E-state index is -0.189. The molecule has 5 nitrogen and oxygen atoms in total. The number of para-hydroxylation sites is 1. The number of nitrogens with zero attached hydrogens (tertiary/aromatic N) is 1. The minimum absolute atomic E-state index is 0.0227. The van der Waals surface area contributed by atoms with Gasteiger partial charge in [-0.3, -0.25) is 9.78 Å². The van der Waals surface area contributed by atoms with E-state index in [0.29, 0.717) is 25.7 Å². The first kappa shape index (κ1) is 21.1. The van der Waals surface area contributed by atoms with E-state index < -0.39 is 0 Å². The van der Waals surface area contributed by atoms with Gasteiger partial charge in [0.15, 0.2) is 0 Å². The molecule has 0 spiro atoms. The van der Waals surface area contributed by atoms with Crippen molar-refractivity contribution in [3.63, 3.8) is 0 Å². The molecule has 5 rings (SSSR count). The van der Waals surface area contributed by atoms with E-state index in [-0.39, 0.29) is 17.5 Å². The van der Waals surface area contributed by atoms with Crippen LogP contribution in [0, 0.1) is 0 Å². The van der Waals surface area contributed by atoms with Crippen LogP contribution in [0.2, 0.25) is 0 Å². The Hall–Kier alpha value is -2.76. The zero-order chi connectivity index (χ0) is 22.0. The fourth-order valence-electron chi connectivity index (χ4n) is 4.74. The van der Waals surface area contributed by atoms with Crippen LogP contribution in [0.4, 0.5) is 0 Å². The zero-order valence-corrected chi connectivity index (χ0v) is 18.6. The first-order valence-corrected chi connectivity index (χ1v) is 11.7. The van der Waals surface area contributed by atoms with Crippen LogP contribution >= 0.6 is 0 Å². The Morgan fingerprint density at radius 2 is 1.81 bits per heavy atom. The van der Waals surface area contributed by atoms with E-state index in [0.717, 1.165) is 47.8 Å². The maximum atomic E-state index is 13.4. The molecule has 1 saturated heterocycles. The van der Waals surface area contributed by atoms with E-state index in [1.54, 1.807) is 0 Å². The van der Waals surface area contributed by atoms with Crippen molar-refractivity contribution in [2.45, 2.75) is 50.1 Å². The molecule has 1 aliphatic carbocycles. The fourth-order valence-corrected chi connectivity index (χ4v) is 4.74. The molecule has 5 heteroatoms. The number of benzene rings is 2. The standard InChI is InChI=1S/C27H31N3O2/c1-19(20-7-3-2-4-8-20)30-27(13-15-32-16-14-27)18-28-26(31)23-17-25(21-11-12-21)29-24-10-6-5-9-22(23)24/h2-10,17,19,21,30H,11-16,18H2,1H3,(H,28,31). The second kappa shape index (κ2) is 9.00. The summed E-state index contributed by atoms with van der Waals surface area (Å²) >= 11 is 0. The number of nitrogens with one attached hydrogen (secondary N) is 2. The number of hydrogen-bond acceptors (Lipinski definition) is 4. The van der Waals surface area contributed by atoms with Gasteiger partial charge in [0.25, 0.3) is 5.91 Å². The Morgan fingerprint density at radius 3 is 2.56 bits per heavy atom. The summed E-state index contributed by atoms with van der Waals surface area (Å²) in [5.41, 5.74) is 3.74. The molecule has 32 heavy (non-hydrogen) atoms. The number of amides is 1. The van der Waals surface area contributed by atoms with Crippen molar-refractivity contribution < 1.29 is 9.53 Å². The average molecular weight is 430 g/mol. The summed E-state index contributed by atoms with van der Waals surface area (Å²) in [5, 5.41) is 8.00. The number of fused-ring (bicyclic) bond motifs is 1. The maximum Gasteiger partial charge on any atom is 0.252 e. The Balaban J connectivity index is 1.36. The van der Waals surface area contributed by atoms with E-state index in [2.05, 4.69) is 41.8 Å². The van der Waals surface area contributed by atoms with Gasteiger partial charge in [-0.05, 0) is 50.3 Å². The lowest BCUT2D eigenvalue weighted by atomic mass is 9.88. The van der Waals surface area contributed by atoms with Crippen molar-refractivity contribution in [3.05, 3.63) is 77.5 Å². The lowest BCUT2D eigenvalue weighted by molar-refractivity contribution is 0.0332. The van der Waals surface area contributed by atoms with Gasteiger partial charge in [0, 0.05) is 48.3 Å². The minimum Gasteiger partial charge on any atom is -0.381 e. The van der Waals surface area contributed by atoms with Crippen molar-refractivity contribution >= 4 is 16.8 Å². The predicted molar refractivity (Wildman–Crippen MR) is 127 cm³/mol. The molecule has 1 saturated carbocycles. The molecule has 2 N–H and O–H groups in total. The van der Waals surface area contributed by atoms with Crippen LogP contribution in [0.1, 0.15) is 66.2 Å². The Labute approximate surface area is 189 Å². The normalized spacial score (nSPS) is 18.9. The van der Waals surface area contributed by atoms with Gasteiger partial charge >= 0.3 is 0 Å². The molecular formula is C27H31N3O2. The smallest absolute Gasteiger partial charge is 0.252 e. The summed E-state index contributed by atoms with van der Waals surface area (Å²) in [6.45, 7) is 4.16. The molecule has 1 amide bonds. The number of hydrogen-bond donors (Lipinski definition) is 2. The van der Waals surface area contributed by atoms with Gasteiger partial charge in [0.1, 0.15) is 0 Å². The van der Waals surface area contributed by atoms with Crippen LogP contribution in [0.3, 0.4) is 0 Å².